The minimum Gasteiger partial charge on any atom is -0.369 e. The molecule has 0 fully saturated rings. The number of nitrogen functional groups attached to an aromatic ring is 1. The van der Waals surface area contributed by atoms with E-state index < -0.39 is 0 Å². The molecule has 3 aromatic heterocycles. The maximum atomic E-state index is 5.69. The average Bonchev–Trinajstić information content (AvgIpc) is 3.25. The summed E-state index contributed by atoms with van der Waals surface area (Å²) in [6, 6.07) is 7.93. The number of para-hydroxylation sites is 2. The molecule has 10 heteroatoms. The molecule has 1 unspecified atom stereocenters. The number of benzene rings is 1. The fourth-order valence-electron chi connectivity index (χ4n) is 2.57. The fourth-order valence-corrected chi connectivity index (χ4v) is 2.57. The summed E-state index contributed by atoms with van der Waals surface area (Å²) >= 11 is 0. The zero-order valence-electron chi connectivity index (χ0n) is 12.4. The minimum absolute atomic E-state index is 0. The van der Waals surface area contributed by atoms with Gasteiger partial charge in [-0.1, -0.05) is 17.3 Å². The van der Waals surface area contributed by atoms with Gasteiger partial charge in [0.25, 0.3) is 0 Å². The van der Waals surface area contributed by atoms with Crippen LogP contribution >= 0.6 is 24.8 Å². The number of halogens is 2. The second-order valence-electron chi connectivity index (χ2n) is 5.07. The Morgan fingerprint density at radius 3 is 2.54 bits per heavy atom. The van der Waals surface area contributed by atoms with E-state index in [-0.39, 0.29) is 30.7 Å². The van der Waals surface area contributed by atoms with Crippen molar-refractivity contribution in [2.24, 2.45) is 0 Å². The number of imidazole rings is 2. The second kappa shape index (κ2) is 7.33. The molecular formula is C14H16Cl2N8. The van der Waals surface area contributed by atoms with E-state index in [4.69, 9.17) is 5.73 Å². The van der Waals surface area contributed by atoms with Gasteiger partial charge in [0.05, 0.1) is 28.3 Å². The first-order chi connectivity index (χ1) is 10.8. The predicted octanol–water partition coefficient (Wildman–Crippen LogP) is 2.20. The number of anilines is 1. The van der Waals surface area contributed by atoms with Crippen LogP contribution in [0.5, 0.6) is 0 Å². The number of aromatic nitrogens is 7. The minimum atomic E-state index is -0.0761. The molecule has 1 atom stereocenters. The smallest absolute Gasteiger partial charge is 0.197 e. The molecule has 3 heterocycles. The largest absolute Gasteiger partial charge is 0.369 e. The molecule has 4 rings (SSSR count). The number of aromatic amines is 3. The molecule has 4 aromatic rings. The van der Waals surface area contributed by atoms with Gasteiger partial charge in [0.15, 0.2) is 5.95 Å². The molecule has 1 aromatic carbocycles. The summed E-state index contributed by atoms with van der Waals surface area (Å²) in [5.74, 6) is 1.18. The first-order valence-corrected chi connectivity index (χ1v) is 6.90. The summed E-state index contributed by atoms with van der Waals surface area (Å²) in [6.07, 6.45) is 4.18. The van der Waals surface area contributed by atoms with E-state index in [1.165, 1.54) is 0 Å². The third-order valence-corrected chi connectivity index (χ3v) is 3.60. The summed E-state index contributed by atoms with van der Waals surface area (Å²) in [5.41, 5.74) is 9.26. The van der Waals surface area contributed by atoms with Gasteiger partial charge in [-0.2, -0.15) is 0 Å². The summed E-state index contributed by atoms with van der Waals surface area (Å²) in [7, 11) is 0. The zero-order chi connectivity index (χ0) is 14.9. The summed E-state index contributed by atoms with van der Waals surface area (Å²) in [5, 5.41) is 10.6. The van der Waals surface area contributed by atoms with Gasteiger partial charge in [-0.05, 0) is 12.1 Å². The number of H-pyrrole nitrogens is 3. The van der Waals surface area contributed by atoms with Crippen molar-refractivity contribution in [2.75, 3.05) is 5.73 Å². The number of nitrogens with one attached hydrogen (secondary N) is 3. The Morgan fingerprint density at radius 2 is 1.88 bits per heavy atom. The van der Waals surface area contributed by atoms with Crippen molar-refractivity contribution < 1.29 is 0 Å². The van der Waals surface area contributed by atoms with Gasteiger partial charge in [0, 0.05) is 18.8 Å². The SMILES string of the molecule is Cl.Cl.Nc1nc(C(Cc2nc3ccccc3[nH]2)c2c[nH]nn2)c[nH]1. The van der Waals surface area contributed by atoms with Gasteiger partial charge in [0.1, 0.15) is 5.82 Å². The zero-order valence-corrected chi connectivity index (χ0v) is 14.1. The first kappa shape index (κ1) is 17.8. The van der Waals surface area contributed by atoms with Crippen molar-refractivity contribution in [3.63, 3.8) is 0 Å². The number of nitrogens with two attached hydrogens (primary N) is 1. The highest BCUT2D eigenvalue weighted by atomic mass is 35.5. The highest BCUT2D eigenvalue weighted by molar-refractivity contribution is 5.85. The third-order valence-electron chi connectivity index (χ3n) is 3.60. The van der Waals surface area contributed by atoms with Gasteiger partial charge in [-0.3, -0.25) is 5.10 Å². The quantitative estimate of drug-likeness (QED) is 0.440. The van der Waals surface area contributed by atoms with Crippen LogP contribution in [0.4, 0.5) is 5.95 Å². The topological polar surface area (TPSA) is 125 Å². The second-order valence-corrected chi connectivity index (χ2v) is 5.07. The number of rotatable bonds is 4. The predicted molar refractivity (Wildman–Crippen MR) is 95.5 cm³/mol. The molecule has 0 spiro atoms. The molecule has 0 bridgehead atoms. The van der Waals surface area contributed by atoms with Crippen molar-refractivity contribution in [1.29, 1.82) is 0 Å². The summed E-state index contributed by atoms with van der Waals surface area (Å²) < 4.78 is 0. The maximum absolute atomic E-state index is 5.69. The highest BCUT2D eigenvalue weighted by Gasteiger charge is 2.22. The van der Waals surface area contributed by atoms with Crippen LogP contribution in [-0.4, -0.2) is 35.3 Å². The molecule has 0 amide bonds. The van der Waals surface area contributed by atoms with Crippen molar-refractivity contribution in [2.45, 2.75) is 12.3 Å². The van der Waals surface area contributed by atoms with Crippen LogP contribution in [0.15, 0.2) is 36.7 Å². The Hall–Kier alpha value is -2.58. The van der Waals surface area contributed by atoms with Crippen LogP contribution in [0.1, 0.15) is 23.1 Å². The number of fused-ring (bicyclic) bond motifs is 1. The van der Waals surface area contributed by atoms with Crippen LogP contribution in [0.2, 0.25) is 0 Å². The van der Waals surface area contributed by atoms with E-state index >= 15 is 0 Å². The molecular weight excluding hydrogens is 351 g/mol. The third kappa shape index (κ3) is 3.34. The lowest BCUT2D eigenvalue weighted by Gasteiger charge is -2.09. The van der Waals surface area contributed by atoms with E-state index in [0.717, 1.165) is 28.2 Å². The number of nitrogens with zero attached hydrogens (tertiary/aromatic N) is 4. The lowest BCUT2D eigenvalue weighted by Crippen LogP contribution is -2.07. The number of hydrogen-bond donors (Lipinski definition) is 4. The average molecular weight is 367 g/mol. The summed E-state index contributed by atoms with van der Waals surface area (Å²) in [4.78, 5) is 15.2. The lowest BCUT2D eigenvalue weighted by molar-refractivity contribution is 0.720. The molecule has 24 heavy (non-hydrogen) atoms. The monoisotopic (exact) mass is 366 g/mol. The van der Waals surface area contributed by atoms with E-state index in [1.54, 1.807) is 12.4 Å². The Kier molecular flexibility index (Phi) is 5.42. The molecule has 0 radical (unpaired) electrons. The first-order valence-electron chi connectivity index (χ1n) is 6.90. The van der Waals surface area contributed by atoms with Gasteiger partial charge < -0.3 is 15.7 Å². The molecule has 0 saturated carbocycles. The standard InChI is InChI=1S/C14H14N8.2ClH/c15-14-16-6-11(20-14)8(12-7-17-22-21-12)5-13-18-9-3-1-2-4-10(9)19-13;;/h1-4,6-8H,5H2,(H,18,19)(H3,15,16,20)(H,17,21,22);2*1H. The van der Waals surface area contributed by atoms with Crippen LogP contribution in [-0.2, 0) is 6.42 Å². The molecule has 0 saturated heterocycles. The van der Waals surface area contributed by atoms with E-state index in [9.17, 15) is 0 Å². The molecule has 8 nitrogen and oxygen atoms in total. The van der Waals surface area contributed by atoms with Crippen LogP contribution in [0.25, 0.3) is 11.0 Å². The van der Waals surface area contributed by atoms with Crippen LogP contribution < -0.4 is 5.73 Å². The maximum Gasteiger partial charge on any atom is 0.197 e. The van der Waals surface area contributed by atoms with E-state index in [0.29, 0.717) is 12.4 Å². The van der Waals surface area contributed by atoms with E-state index in [1.807, 2.05) is 24.3 Å². The van der Waals surface area contributed by atoms with Gasteiger partial charge in [-0.25, -0.2) is 9.97 Å². The summed E-state index contributed by atoms with van der Waals surface area (Å²) in [6.45, 7) is 0. The highest BCUT2D eigenvalue weighted by Crippen LogP contribution is 2.25. The Labute approximate surface area is 149 Å². The molecule has 0 aliphatic carbocycles. The molecule has 126 valence electrons. The number of hydrogen-bond acceptors (Lipinski definition) is 5. The van der Waals surface area contributed by atoms with E-state index in [2.05, 4.69) is 35.3 Å². The van der Waals surface area contributed by atoms with Crippen LogP contribution in [0, 0.1) is 0 Å². The molecule has 0 aliphatic heterocycles. The van der Waals surface area contributed by atoms with Crippen LogP contribution in [0.3, 0.4) is 0 Å². The van der Waals surface area contributed by atoms with Gasteiger partial charge >= 0.3 is 0 Å². The normalized spacial score (nSPS) is 11.7. The van der Waals surface area contributed by atoms with Gasteiger partial charge in [-0.15, -0.1) is 29.9 Å². The van der Waals surface area contributed by atoms with Crippen molar-refractivity contribution in [1.82, 2.24) is 35.3 Å². The Balaban J connectivity index is 0.00000104. The Bertz CT molecular complexity index is 865. The Morgan fingerprint density at radius 1 is 1.04 bits per heavy atom. The lowest BCUT2D eigenvalue weighted by atomic mass is 9.98. The van der Waals surface area contributed by atoms with Crippen molar-refractivity contribution in [3.8, 4) is 0 Å². The van der Waals surface area contributed by atoms with Crippen molar-refractivity contribution in [3.05, 3.63) is 53.9 Å². The van der Waals surface area contributed by atoms with Gasteiger partial charge in [0.2, 0.25) is 0 Å². The molecule has 0 aliphatic rings. The molecule has 5 N–H and O–H groups in total. The van der Waals surface area contributed by atoms with Crippen molar-refractivity contribution >= 4 is 41.8 Å². The fraction of sp³-hybridized carbons (Fsp3) is 0.143.